The number of rotatable bonds is 2. The van der Waals surface area contributed by atoms with E-state index in [9.17, 15) is 9.18 Å². The van der Waals surface area contributed by atoms with Crippen LogP contribution in [-0.2, 0) is 0 Å². The highest BCUT2D eigenvalue weighted by atomic mass is 19.1. The Hall–Kier alpha value is -1.78. The van der Waals surface area contributed by atoms with Crippen molar-refractivity contribution < 1.29 is 13.9 Å². The van der Waals surface area contributed by atoms with E-state index in [0.29, 0.717) is 12.1 Å². The number of hydrogen-bond acceptors (Lipinski definition) is 2. The van der Waals surface area contributed by atoms with Crippen LogP contribution in [0.2, 0.25) is 0 Å². The lowest BCUT2D eigenvalue weighted by molar-refractivity contribution is 0.247. The van der Waals surface area contributed by atoms with E-state index in [-0.39, 0.29) is 17.8 Å². The van der Waals surface area contributed by atoms with Crippen molar-refractivity contribution in [3.63, 3.8) is 0 Å². The number of methoxy groups -OCH3 is 1. The molecule has 5 heteroatoms. The Morgan fingerprint density at radius 1 is 1.53 bits per heavy atom. The number of carbonyl (C=O) groups excluding carboxylic acids is 1. The van der Waals surface area contributed by atoms with Gasteiger partial charge in [-0.2, -0.15) is 0 Å². The third-order valence-electron chi connectivity index (χ3n) is 2.36. The first-order valence-corrected chi connectivity index (χ1v) is 4.59. The molecule has 0 aliphatic carbocycles. The van der Waals surface area contributed by atoms with E-state index in [1.165, 1.54) is 7.11 Å². The van der Waals surface area contributed by atoms with Gasteiger partial charge in [-0.05, 0) is 6.07 Å². The molecule has 1 heterocycles. The van der Waals surface area contributed by atoms with Crippen LogP contribution in [0.25, 0.3) is 0 Å². The average Bonchev–Trinajstić information content (AvgIpc) is 2.65. The number of urea groups is 1. The fourth-order valence-corrected chi connectivity index (χ4v) is 1.60. The third-order valence-corrected chi connectivity index (χ3v) is 2.36. The minimum Gasteiger partial charge on any atom is -0.494 e. The van der Waals surface area contributed by atoms with Crippen molar-refractivity contribution in [1.82, 2.24) is 10.6 Å². The third kappa shape index (κ3) is 1.72. The molecule has 15 heavy (non-hydrogen) atoms. The Morgan fingerprint density at radius 3 is 2.93 bits per heavy atom. The predicted molar refractivity (Wildman–Crippen MR) is 52.2 cm³/mol. The molecule has 1 aliphatic rings. The smallest absolute Gasteiger partial charge is 0.315 e. The summed E-state index contributed by atoms with van der Waals surface area (Å²) in [5, 5.41) is 5.19. The molecule has 0 radical (unpaired) electrons. The zero-order valence-corrected chi connectivity index (χ0v) is 8.21. The van der Waals surface area contributed by atoms with Gasteiger partial charge in [-0.3, -0.25) is 0 Å². The second kappa shape index (κ2) is 3.76. The van der Waals surface area contributed by atoms with Gasteiger partial charge in [0.25, 0.3) is 0 Å². The maximum absolute atomic E-state index is 13.7. The molecule has 0 bridgehead atoms. The summed E-state index contributed by atoms with van der Waals surface area (Å²) in [4.78, 5) is 10.9. The standard InChI is InChI=1S/C10H11FN2O2/c1-15-8-4-2-3-6(9(8)11)7-5-12-10(14)13-7/h2-4,7H,5H2,1H3,(H2,12,13,14)/t7-/m0/s1. The van der Waals surface area contributed by atoms with Gasteiger partial charge in [0.1, 0.15) is 0 Å². The molecule has 80 valence electrons. The second-order valence-electron chi connectivity index (χ2n) is 3.27. The molecule has 2 amide bonds. The summed E-state index contributed by atoms with van der Waals surface area (Å²) < 4.78 is 18.6. The average molecular weight is 210 g/mol. The van der Waals surface area contributed by atoms with E-state index in [4.69, 9.17) is 4.74 Å². The van der Waals surface area contributed by atoms with E-state index in [2.05, 4.69) is 10.6 Å². The van der Waals surface area contributed by atoms with Gasteiger partial charge in [0, 0.05) is 12.1 Å². The Balaban J connectivity index is 2.32. The Labute approximate surface area is 86.4 Å². The summed E-state index contributed by atoms with van der Waals surface area (Å²) in [5.41, 5.74) is 0.438. The van der Waals surface area contributed by atoms with E-state index >= 15 is 0 Å². The first-order valence-electron chi connectivity index (χ1n) is 4.59. The summed E-state index contributed by atoms with van der Waals surface area (Å²) >= 11 is 0. The van der Waals surface area contributed by atoms with Crippen LogP contribution in [0.3, 0.4) is 0 Å². The highest BCUT2D eigenvalue weighted by Gasteiger charge is 2.25. The summed E-state index contributed by atoms with van der Waals surface area (Å²) in [6, 6.07) is 4.27. The van der Waals surface area contributed by atoms with Crippen LogP contribution in [0.5, 0.6) is 5.75 Å². The number of carbonyl (C=O) groups is 1. The number of halogens is 1. The zero-order chi connectivity index (χ0) is 10.8. The van der Waals surface area contributed by atoms with Crippen molar-refractivity contribution in [2.24, 2.45) is 0 Å². The highest BCUT2D eigenvalue weighted by Crippen LogP contribution is 2.25. The Kier molecular flexibility index (Phi) is 2.45. The number of ether oxygens (including phenoxy) is 1. The van der Waals surface area contributed by atoms with Gasteiger partial charge < -0.3 is 15.4 Å². The van der Waals surface area contributed by atoms with Crippen LogP contribution in [0.1, 0.15) is 11.6 Å². The fourth-order valence-electron chi connectivity index (χ4n) is 1.60. The van der Waals surface area contributed by atoms with Crippen molar-refractivity contribution in [2.75, 3.05) is 13.7 Å². The molecule has 1 aliphatic heterocycles. The topological polar surface area (TPSA) is 50.4 Å². The molecule has 0 aromatic heterocycles. The molecule has 0 spiro atoms. The molecular weight excluding hydrogens is 199 g/mol. The number of hydrogen-bond donors (Lipinski definition) is 2. The summed E-state index contributed by atoms with van der Waals surface area (Å²) in [5.74, 6) is -0.234. The van der Waals surface area contributed by atoms with Gasteiger partial charge in [0.05, 0.1) is 13.2 Å². The molecule has 1 aromatic carbocycles. The minimum absolute atomic E-state index is 0.189. The van der Waals surface area contributed by atoms with Crippen LogP contribution in [0.4, 0.5) is 9.18 Å². The molecule has 1 atom stereocenters. The molecule has 1 saturated heterocycles. The summed E-state index contributed by atoms with van der Waals surface area (Å²) in [7, 11) is 1.41. The van der Waals surface area contributed by atoms with Gasteiger partial charge in [-0.25, -0.2) is 9.18 Å². The van der Waals surface area contributed by atoms with Crippen molar-refractivity contribution in [2.45, 2.75) is 6.04 Å². The summed E-state index contributed by atoms with van der Waals surface area (Å²) in [6.07, 6.45) is 0. The number of amides is 2. The van der Waals surface area contributed by atoms with E-state index in [1.807, 2.05) is 0 Å². The van der Waals surface area contributed by atoms with Crippen molar-refractivity contribution >= 4 is 6.03 Å². The number of nitrogens with one attached hydrogen (secondary N) is 2. The quantitative estimate of drug-likeness (QED) is 0.770. The van der Waals surface area contributed by atoms with Crippen LogP contribution < -0.4 is 15.4 Å². The zero-order valence-electron chi connectivity index (χ0n) is 8.21. The van der Waals surface area contributed by atoms with Crippen LogP contribution in [0, 0.1) is 5.82 Å². The van der Waals surface area contributed by atoms with Gasteiger partial charge >= 0.3 is 6.03 Å². The first-order chi connectivity index (χ1) is 7.22. The Morgan fingerprint density at radius 2 is 2.33 bits per heavy atom. The fraction of sp³-hybridized carbons (Fsp3) is 0.300. The molecule has 0 unspecified atom stereocenters. The lowest BCUT2D eigenvalue weighted by Crippen LogP contribution is -2.22. The monoisotopic (exact) mass is 210 g/mol. The van der Waals surface area contributed by atoms with Crippen LogP contribution in [-0.4, -0.2) is 19.7 Å². The van der Waals surface area contributed by atoms with Gasteiger partial charge in [0.2, 0.25) is 0 Å². The first kappa shape index (κ1) is 9.76. The van der Waals surface area contributed by atoms with E-state index in [1.54, 1.807) is 18.2 Å². The normalized spacial score (nSPS) is 19.6. The molecule has 1 fully saturated rings. The largest absolute Gasteiger partial charge is 0.494 e. The van der Waals surface area contributed by atoms with Crippen LogP contribution in [0.15, 0.2) is 18.2 Å². The molecule has 4 nitrogen and oxygen atoms in total. The van der Waals surface area contributed by atoms with Crippen molar-refractivity contribution in [1.29, 1.82) is 0 Å². The lowest BCUT2D eigenvalue weighted by atomic mass is 10.1. The maximum atomic E-state index is 13.7. The van der Waals surface area contributed by atoms with Crippen molar-refractivity contribution in [3.8, 4) is 5.75 Å². The lowest BCUT2D eigenvalue weighted by Gasteiger charge is -2.12. The van der Waals surface area contributed by atoms with Gasteiger partial charge in [-0.15, -0.1) is 0 Å². The minimum atomic E-state index is -0.422. The highest BCUT2D eigenvalue weighted by molar-refractivity contribution is 5.76. The SMILES string of the molecule is COc1cccc([C@@H]2CNC(=O)N2)c1F. The molecule has 1 aromatic rings. The van der Waals surface area contributed by atoms with E-state index < -0.39 is 5.82 Å². The molecule has 0 saturated carbocycles. The molecule has 2 rings (SSSR count). The van der Waals surface area contributed by atoms with Crippen LogP contribution >= 0.6 is 0 Å². The second-order valence-corrected chi connectivity index (χ2v) is 3.27. The van der Waals surface area contributed by atoms with Gasteiger partial charge in [0.15, 0.2) is 11.6 Å². The summed E-state index contributed by atoms with van der Waals surface area (Å²) in [6.45, 7) is 0.392. The Bertz CT molecular complexity index is 395. The molecular formula is C10H11FN2O2. The van der Waals surface area contributed by atoms with Crippen molar-refractivity contribution in [3.05, 3.63) is 29.6 Å². The number of benzene rings is 1. The predicted octanol–water partition coefficient (Wildman–Crippen LogP) is 1.19. The molecule has 2 N–H and O–H groups in total. The maximum Gasteiger partial charge on any atom is 0.315 e. The van der Waals surface area contributed by atoms with Gasteiger partial charge in [-0.1, -0.05) is 12.1 Å². The van der Waals surface area contributed by atoms with E-state index in [0.717, 1.165) is 0 Å².